The lowest BCUT2D eigenvalue weighted by Crippen LogP contribution is -1.88. The molecule has 2 rings (SSSR count). The van der Waals surface area contributed by atoms with Crippen LogP contribution in [-0.4, -0.2) is 15.2 Å². The van der Waals surface area contributed by atoms with Crippen LogP contribution < -0.4 is 11.5 Å². The maximum atomic E-state index is 5.85. The van der Waals surface area contributed by atoms with Crippen molar-refractivity contribution in [1.82, 2.24) is 15.2 Å². The zero-order valence-electron chi connectivity index (χ0n) is 7.16. The second kappa shape index (κ2) is 3.19. The summed E-state index contributed by atoms with van der Waals surface area (Å²) in [6, 6.07) is 5.20. The number of hydrogen-bond acceptors (Lipinski definition) is 4. The number of aromatic nitrogens is 3. The number of hydrogen-bond donors (Lipinski definition) is 3. The smallest absolute Gasteiger partial charge is 0.239 e. The van der Waals surface area contributed by atoms with E-state index < -0.39 is 0 Å². The Balaban J connectivity index is 2.47. The van der Waals surface area contributed by atoms with Gasteiger partial charge in [0.25, 0.3) is 0 Å². The topological polar surface area (TPSA) is 93.6 Å². The number of nitrogen functional groups attached to an aromatic ring is 2. The summed E-state index contributed by atoms with van der Waals surface area (Å²) >= 11 is 5.85. The minimum atomic E-state index is 0.202. The number of anilines is 2. The van der Waals surface area contributed by atoms with E-state index in [1.54, 1.807) is 18.2 Å². The third-order valence-corrected chi connectivity index (χ3v) is 2.10. The van der Waals surface area contributed by atoms with Gasteiger partial charge in [-0.1, -0.05) is 11.6 Å². The molecule has 0 aliphatic carbocycles. The Morgan fingerprint density at radius 2 is 2.07 bits per heavy atom. The highest BCUT2D eigenvalue weighted by molar-refractivity contribution is 6.33. The number of nitrogens with zero attached hydrogens (tertiary/aromatic N) is 2. The first-order valence-electron chi connectivity index (χ1n) is 3.90. The second-order valence-corrected chi connectivity index (χ2v) is 3.19. The van der Waals surface area contributed by atoms with Crippen molar-refractivity contribution in [2.75, 3.05) is 11.5 Å². The first-order chi connectivity index (χ1) is 6.66. The Bertz CT molecular complexity index is 465. The van der Waals surface area contributed by atoms with Gasteiger partial charge in [-0.3, -0.25) is 5.10 Å². The van der Waals surface area contributed by atoms with Gasteiger partial charge in [-0.15, -0.1) is 5.10 Å². The third kappa shape index (κ3) is 1.49. The van der Waals surface area contributed by atoms with Gasteiger partial charge < -0.3 is 11.5 Å². The number of aromatic amines is 1. The largest absolute Gasteiger partial charge is 0.398 e. The van der Waals surface area contributed by atoms with Crippen molar-refractivity contribution in [2.45, 2.75) is 0 Å². The van der Waals surface area contributed by atoms with Crippen LogP contribution in [0.2, 0.25) is 5.02 Å². The fraction of sp³-hybridized carbons (Fsp3) is 0. The van der Waals surface area contributed by atoms with Gasteiger partial charge in [0.2, 0.25) is 5.95 Å². The lowest BCUT2D eigenvalue weighted by Gasteiger charge is -1.99. The molecule has 0 amide bonds. The predicted molar refractivity (Wildman–Crippen MR) is 55.7 cm³/mol. The summed E-state index contributed by atoms with van der Waals surface area (Å²) in [6.45, 7) is 0. The monoisotopic (exact) mass is 209 g/mol. The Kier molecular flexibility index (Phi) is 2.01. The van der Waals surface area contributed by atoms with Crippen LogP contribution in [0.4, 0.5) is 11.6 Å². The molecular formula is C8H8ClN5. The van der Waals surface area contributed by atoms with Crippen molar-refractivity contribution in [3.63, 3.8) is 0 Å². The van der Waals surface area contributed by atoms with E-state index in [0.717, 1.165) is 5.56 Å². The molecule has 0 radical (unpaired) electrons. The number of benzene rings is 1. The van der Waals surface area contributed by atoms with Crippen molar-refractivity contribution < 1.29 is 0 Å². The van der Waals surface area contributed by atoms with E-state index in [-0.39, 0.29) is 5.95 Å². The fourth-order valence-corrected chi connectivity index (χ4v) is 1.26. The Hall–Kier alpha value is -1.75. The minimum Gasteiger partial charge on any atom is -0.398 e. The van der Waals surface area contributed by atoms with Gasteiger partial charge in [-0.25, -0.2) is 0 Å². The van der Waals surface area contributed by atoms with Crippen molar-refractivity contribution in [1.29, 1.82) is 0 Å². The van der Waals surface area contributed by atoms with Crippen molar-refractivity contribution in [2.24, 2.45) is 0 Å². The van der Waals surface area contributed by atoms with E-state index >= 15 is 0 Å². The molecule has 0 bridgehead atoms. The molecule has 1 aromatic carbocycles. The van der Waals surface area contributed by atoms with Gasteiger partial charge in [0.1, 0.15) is 0 Å². The van der Waals surface area contributed by atoms with Gasteiger partial charge in [-0.05, 0) is 18.2 Å². The number of nitrogens with two attached hydrogens (primary N) is 2. The van der Waals surface area contributed by atoms with Crippen LogP contribution >= 0.6 is 11.6 Å². The summed E-state index contributed by atoms with van der Waals surface area (Å²) in [4.78, 5) is 3.96. The summed E-state index contributed by atoms with van der Waals surface area (Å²) in [5.74, 6) is 0.775. The van der Waals surface area contributed by atoms with E-state index in [1.807, 2.05) is 0 Å². The van der Waals surface area contributed by atoms with Crippen LogP contribution in [0.15, 0.2) is 18.2 Å². The summed E-state index contributed by atoms with van der Waals surface area (Å²) < 4.78 is 0. The van der Waals surface area contributed by atoms with E-state index in [2.05, 4.69) is 15.2 Å². The maximum Gasteiger partial charge on any atom is 0.239 e. The first-order valence-corrected chi connectivity index (χ1v) is 4.28. The molecule has 0 aliphatic heterocycles. The van der Waals surface area contributed by atoms with Gasteiger partial charge in [0.15, 0.2) is 5.82 Å². The van der Waals surface area contributed by atoms with E-state index in [1.165, 1.54) is 0 Å². The van der Waals surface area contributed by atoms with Crippen molar-refractivity contribution in [3.8, 4) is 11.4 Å². The van der Waals surface area contributed by atoms with Crippen LogP contribution in [0, 0.1) is 0 Å². The van der Waals surface area contributed by atoms with Crippen LogP contribution in [0.3, 0.4) is 0 Å². The normalized spacial score (nSPS) is 10.4. The summed E-state index contributed by atoms with van der Waals surface area (Å²) in [5.41, 5.74) is 12.3. The molecule has 0 aliphatic rings. The van der Waals surface area contributed by atoms with Crippen LogP contribution in [-0.2, 0) is 0 Å². The Labute approximate surface area is 85.1 Å². The molecule has 0 unspecified atom stereocenters. The molecule has 0 atom stereocenters. The average Bonchev–Trinajstić information content (AvgIpc) is 2.57. The summed E-state index contributed by atoms with van der Waals surface area (Å²) in [5, 5.41) is 6.88. The van der Waals surface area contributed by atoms with Gasteiger partial charge in [-0.2, -0.15) is 4.98 Å². The fourth-order valence-electron chi connectivity index (χ4n) is 1.08. The molecule has 5 nitrogen and oxygen atoms in total. The molecule has 0 saturated heterocycles. The SMILES string of the molecule is Nc1n[nH]c(-c2ccc(N)c(Cl)c2)n1. The Morgan fingerprint density at radius 1 is 1.29 bits per heavy atom. The molecule has 1 aromatic heterocycles. The molecule has 0 saturated carbocycles. The molecule has 1 heterocycles. The highest BCUT2D eigenvalue weighted by Gasteiger charge is 2.04. The summed E-state index contributed by atoms with van der Waals surface area (Å²) in [7, 11) is 0. The van der Waals surface area contributed by atoms with Crippen molar-refractivity contribution in [3.05, 3.63) is 23.2 Å². The van der Waals surface area contributed by atoms with Gasteiger partial charge in [0, 0.05) is 5.56 Å². The number of halogens is 1. The molecule has 14 heavy (non-hydrogen) atoms. The van der Waals surface area contributed by atoms with Crippen LogP contribution in [0.25, 0.3) is 11.4 Å². The van der Waals surface area contributed by atoms with Gasteiger partial charge >= 0.3 is 0 Å². The molecule has 5 N–H and O–H groups in total. The van der Waals surface area contributed by atoms with Crippen molar-refractivity contribution >= 4 is 23.2 Å². The van der Waals surface area contributed by atoms with E-state index in [4.69, 9.17) is 23.1 Å². The predicted octanol–water partition coefficient (Wildman–Crippen LogP) is 1.29. The molecule has 6 heteroatoms. The number of rotatable bonds is 1. The van der Waals surface area contributed by atoms with E-state index in [0.29, 0.717) is 16.5 Å². The molecule has 0 spiro atoms. The quantitative estimate of drug-likeness (QED) is 0.617. The number of nitrogens with one attached hydrogen (secondary N) is 1. The first kappa shape index (κ1) is 8.83. The standard InChI is InChI=1S/C8H8ClN5/c9-5-3-4(1-2-6(5)10)7-12-8(11)14-13-7/h1-3H,10H2,(H3,11,12,13,14). The average molecular weight is 210 g/mol. The lowest BCUT2D eigenvalue weighted by molar-refractivity contribution is 1.10. The maximum absolute atomic E-state index is 5.85. The zero-order chi connectivity index (χ0) is 10.1. The molecule has 72 valence electrons. The highest BCUT2D eigenvalue weighted by atomic mass is 35.5. The number of H-pyrrole nitrogens is 1. The minimum absolute atomic E-state index is 0.202. The zero-order valence-corrected chi connectivity index (χ0v) is 7.92. The Morgan fingerprint density at radius 3 is 2.64 bits per heavy atom. The molecule has 0 fully saturated rings. The second-order valence-electron chi connectivity index (χ2n) is 2.78. The highest BCUT2D eigenvalue weighted by Crippen LogP contribution is 2.24. The molecular weight excluding hydrogens is 202 g/mol. The summed E-state index contributed by atoms with van der Waals surface area (Å²) in [6.07, 6.45) is 0. The van der Waals surface area contributed by atoms with E-state index in [9.17, 15) is 0 Å². The molecule has 2 aromatic rings. The third-order valence-electron chi connectivity index (χ3n) is 1.78. The van der Waals surface area contributed by atoms with Crippen LogP contribution in [0.5, 0.6) is 0 Å². The van der Waals surface area contributed by atoms with Gasteiger partial charge in [0.05, 0.1) is 10.7 Å². The lowest BCUT2D eigenvalue weighted by atomic mass is 10.2. The van der Waals surface area contributed by atoms with Crippen LogP contribution in [0.1, 0.15) is 0 Å².